The van der Waals surface area contributed by atoms with Gasteiger partial charge in [-0.3, -0.25) is 9.78 Å². The van der Waals surface area contributed by atoms with Crippen LogP contribution in [0.3, 0.4) is 0 Å². The lowest BCUT2D eigenvalue weighted by molar-refractivity contribution is -0.121. The molecule has 0 aromatic carbocycles. The number of carbonyl (C=O) groups excluding carboxylic acids is 1. The summed E-state index contributed by atoms with van der Waals surface area (Å²) in [5.74, 6) is 0.801. The fourth-order valence-electron chi connectivity index (χ4n) is 2.87. The van der Waals surface area contributed by atoms with E-state index < -0.39 is 0 Å². The Morgan fingerprint density at radius 1 is 1.33 bits per heavy atom. The van der Waals surface area contributed by atoms with Gasteiger partial charge in [0.2, 0.25) is 5.91 Å². The predicted octanol–water partition coefficient (Wildman–Crippen LogP) is 3.42. The van der Waals surface area contributed by atoms with Gasteiger partial charge < -0.3 is 10.1 Å². The van der Waals surface area contributed by atoms with Gasteiger partial charge in [-0.2, -0.15) is 0 Å². The number of aromatic nitrogens is 2. The summed E-state index contributed by atoms with van der Waals surface area (Å²) >= 11 is 1.52. The normalized spacial score (nSPS) is 15.2. The number of hydrogen-bond donors (Lipinski definition) is 1. The van der Waals surface area contributed by atoms with Gasteiger partial charge in [-0.05, 0) is 31.9 Å². The minimum absolute atomic E-state index is 0.0717. The van der Waals surface area contributed by atoms with Crippen molar-refractivity contribution >= 4 is 17.2 Å². The molecule has 0 spiro atoms. The van der Waals surface area contributed by atoms with Gasteiger partial charge in [0, 0.05) is 17.1 Å². The highest BCUT2D eigenvalue weighted by Gasteiger charge is 2.16. The average molecular weight is 345 g/mol. The minimum Gasteiger partial charge on any atom is -0.485 e. The maximum atomic E-state index is 12.1. The van der Waals surface area contributed by atoms with E-state index in [1.165, 1.54) is 30.6 Å². The zero-order valence-corrected chi connectivity index (χ0v) is 14.8. The van der Waals surface area contributed by atoms with E-state index >= 15 is 0 Å². The summed E-state index contributed by atoms with van der Waals surface area (Å²) in [5.41, 5.74) is 1.77. The van der Waals surface area contributed by atoms with Crippen molar-refractivity contribution in [1.29, 1.82) is 0 Å². The Kier molecular flexibility index (Phi) is 5.80. The summed E-state index contributed by atoms with van der Waals surface area (Å²) in [6.45, 7) is 2.34. The Balaban J connectivity index is 1.46. The van der Waals surface area contributed by atoms with Crippen LogP contribution >= 0.6 is 11.3 Å². The molecule has 6 heteroatoms. The van der Waals surface area contributed by atoms with Gasteiger partial charge in [0.05, 0.1) is 18.3 Å². The monoisotopic (exact) mass is 345 g/mol. The molecule has 5 nitrogen and oxygen atoms in total. The van der Waals surface area contributed by atoms with Crippen molar-refractivity contribution in [2.24, 2.45) is 0 Å². The fourth-order valence-corrected chi connectivity index (χ4v) is 3.58. The van der Waals surface area contributed by atoms with Crippen molar-refractivity contribution in [2.75, 3.05) is 0 Å². The maximum Gasteiger partial charge on any atom is 0.226 e. The predicted molar refractivity (Wildman–Crippen MR) is 94.1 cm³/mol. The summed E-state index contributed by atoms with van der Waals surface area (Å²) in [4.78, 5) is 20.8. The number of nitrogens with zero attached hydrogens (tertiary/aromatic N) is 2. The van der Waals surface area contributed by atoms with Crippen LogP contribution in [0.5, 0.6) is 5.75 Å². The Labute approximate surface area is 146 Å². The largest absolute Gasteiger partial charge is 0.485 e. The van der Waals surface area contributed by atoms with E-state index in [1.54, 1.807) is 6.20 Å². The summed E-state index contributed by atoms with van der Waals surface area (Å²) in [7, 11) is 0. The number of aryl methyl sites for hydroxylation is 1. The van der Waals surface area contributed by atoms with Crippen LogP contribution in [0, 0.1) is 6.92 Å². The highest BCUT2D eigenvalue weighted by molar-refractivity contribution is 7.09. The first-order chi connectivity index (χ1) is 11.7. The fraction of sp³-hybridized carbons (Fsp3) is 0.500. The van der Waals surface area contributed by atoms with Gasteiger partial charge in [-0.15, -0.1) is 11.3 Å². The van der Waals surface area contributed by atoms with Crippen LogP contribution in [-0.4, -0.2) is 21.9 Å². The standard InChI is InChI=1S/C18H23N3O2S/c1-13-7-8-16(10-19-13)23-11-18-21-15(12-24-18)9-17(22)20-14-5-3-2-4-6-14/h7-8,10,12,14H,2-6,9,11H2,1H3,(H,20,22). The molecular formula is C18H23N3O2S. The summed E-state index contributed by atoms with van der Waals surface area (Å²) < 4.78 is 5.67. The molecule has 24 heavy (non-hydrogen) atoms. The second-order valence-electron chi connectivity index (χ2n) is 6.24. The van der Waals surface area contributed by atoms with Gasteiger partial charge in [-0.1, -0.05) is 19.3 Å². The first-order valence-corrected chi connectivity index (χ1v) is 9.35. The highest BCUT2D eigenvalue weighted by Crippen LogP contribution is 2.18. The lowest BCUT2D eigenvalue weighted by Crippen LogP contribution is -2.37. The van der Waals surface area contributed by atoms with Crippen molar-refractivity contribution in [2.45, 2.75) is 58.1 Å². The number of hydrogen-bond acceptors (Lipinski definition) is 5. The molecule has 1 amide bonds. The van der Waals surface area contributed by atoms with Gasteiger partial charge in [-0.25, -0.2) is 4.98 Å². The van der Waals surface area contributed by atoms with Crippen molar-refractivity contribution in [3.05, 3.63) is 40.1 Å². The first-order valence-electron chi connectivity index (χ1n) is 8.47. The molecule has 0 unspecified atom stereocenters. The van der Waals surface area contributed by atoms with E-state index in [0.29, 0.717) is 19.1 Å². The quantitative estimate of drug-likeness (QED) is 0.871. The molecule has 2 aromatic heterocycles. The van der Waals surface area contributed by atoms with Crippen LogP contribution in [0.2, 0.25) is 0 Å². The topological polar surface area (TPSA) is 64.1 Å². The molecule has 1 saturated carbocycles. The van der Waals surface area contributed by atoms with Crippen molar-refractivity contribution in [3.63, 3.8) is 0 Å². The molecule has 0 bridgehead atoms. The number of rotatable bonds is 6. The van der Waals surface area contributed by atoms with Crippen LogP contribution in [-0.2, 0) is 17.8 Å². The zero-order chi connectivity index (χ0) is 16.8. The minimum atomic E-state index is 0.0717. The maximum absolute atomic E-state index is 12.1. The van der Waals surface area contributed by atoms with Crippen molar-refractivity contribution < 1.29 is 9.53 Å². The zero-order valence-electron chi connectivity index (χ0n) is 14.0. The number of nitrogens with one attached hydrogen (secondary N) is 1. The van der Waals surface area contributed by atoms with Gasteiger partial charge in [0.15, 0.2) is 0 Å². The van der Waals surface area contributed by atoms with Crippen LogP contribution in [0.25, 0.3) is 0 Å². The molecule has 2 aromatic rings. The number of carbonyl (C=O) groups is 1. The molecule has 1 N–H and O–H groups in total. The second kappa shape index (κ2) is 8.24. The summed E-state index contributed by atoms with van der Waals surface area (Å²) in [5, 5.41) is 5.93. The lowest BCUT2D eigenvalue weighted by atomic mass is 9.95. The number of amides is 1. The van der Waals surface area contributed by atoms with E-state index in [-0.39, 0.29) is 5.91 Å². The third-order valence-electron chi connectivity index (χ3n) is 4.16. The van der Waals surface area contributed by atoms with Gasteiger partial charge >= 0.3 is 0 Å². The van der Waals surface area contributed by atoms with Crippen LogP contribution in [0.4, 0.5) is 0 Å². The molecule has 0 saturated heterocycles. The molecule has 1 fully saturated rings. The molecule has 1 aliphatic rings. The average Bonchev–Trinajstić information content (AvgIpc) is 3.02. The van der Waals surface area contributed by atoms with Crippen LogP contribution in [0.1, 0.15) is 48.5 Å². The Bertz CT molecular complexity index is 663. The van der Waals surface area contributed by atoms with E-state index in [2.05, 4.69) is 15.3 Å². The summed E-state index contributed by atoms with van der Waals surface area (Å²) in [6.07, 6.45) is 7.99. The van der Waals surface area contributed by atoms with Gasteiger partial charge in [0.1, 0.15) is 17.4 Å². The number of thiazole rings is 1. The van der Waals surface area contributed by atoms with E-state index in [9.17, 15) is 4.79 Å². The third-order valence-corrected chi connectivity index (χ3v) is 5.03. The number of pyridine rings is 1. The molecule has 0 atom stereocenters. The molecule has 1 aliphatic carbocycles. The Hall–Kier alpha value is -1.95. The molecule has 0 radical (unpaired) electrons. The molecule has 2 heterocycles. The van der Waals surface area contributed by atoms with Crippen LogP contribution < -0.4 is 10.1 Å². The lowest BCUT2D eigenvalue weighted by Gasteiger charge is -2.22. The van der Waals surface area contributed by atoms with Crippen molar-refractivity contribution in [1.82, 2.24) is 15.3 Å². The number of ether oxygens (including phenoxy) is 1. The first kappa shape index (κ1) is 16.9. The highest BCUT2D eigenvalue weighted by atomic mass is 32.1. The smallest absolute Gasteiger partial charge is 0.226 e. The molecule has 128 valence electrons. The summed E-state index contributed by atoms with van der Waals surface area (Å²) in [6, 6.07) is 4.16. The molecule has 0 aliphatic heterocycles. The second-order valence-corrected chi connectivity index (χ2v) is 7.18. The Morgan fingerprint density at radius 2 is 2.17 bits per heavy atom. The molecular weight excluding hydrogens is 322 g/mol. The SMILES string of the molecule is Cc1ccc(OCc2nc(CC(=O)NC3CCCCC3)cs2)cn1. The third kappa shape index (κ3) is 5.03. The molecule has 3 rings (SSSR count). The van der Waals surface area contributed by atoms with Crippen molar-refractivity contribution in [3.8, 4) is 5.75 Å². The van der Waals surface area contributed by atoms with E-state index in [1.807, 2.05) is 24.4 Å². The van der Waals surface area contributed by atoms with E-state index in [4.69, 9.17) is 4.74 Å². The van der Waals surface area contributed by atoms with E-state index in [0.717, 1.165) is 35.0 Å². The van der Waals surface area contributed by atoms with Crippen LogP contribution in [0.15, 0.2) is 23.7 Å². The van der Waals surface area contributed by atoms with Gasteiger partial charge in [0.25, 0.3) is 0 Å². The Morgan fingerprint density at radius 3 is 2.92 bits per heavy atom.